The van der Waals surface area contributed by atoms with Crippen molar-refractivity contribution in [3.8, 4) is 16.9 Å². The van der Waals surface area contributed by atoms with Crippen molar-refractivity contribution in [3.05, 3.63) is 97.7 Å². The minimum absolute atomic E-state index is 0.0460. The zero-order valence-corrected chi connectivity index (χ0v) is 26.5. The molecule has 2 aromatic carbocycles. The smallest absolute Gasteiger partial charge is 0.247 e. The number of anilines is 5. The number of hydroxylamine groups is 1. The molecule has 2 N–H and O–H groups in total. The fraction of sp³-hybridized carbons (Fsp3) is 0.257. The summed E-state index contributed by atoms with van der Waals surface area (Å²) in [5.74, 6) is 1.51. The maximum atomic E-state index is 12.4. The van der Waals surface area contributed by atoms with E-state index >= 15 is 0 Å². The first-order chi connectivity index (χ1) is 23.0. The van der Waals surface area contributed by atoms with Crippen molar-refractivity contribution in [2.24, 2.45) is 0 Å². The molecule has 1 atom stereocenters. The number of likely N-dealkylation sites (N-methyl/N-ethyl adjacent to an activating group) is 1. The first-order valence-electron chi connectivity index (χ1n) is 15.6. The van der Waals surface area contributed by atoms with Crippen molar-refractivity contribution in [3.63, 3.8) is 0 Å². The highest BCUT2D eigenvalue weighted by Crippen LogP contribution is 2.40. The minimum Gasteiger partial charge on any atom is -0.494 e. The highest BCUT2D eigenvalue weighted by atomic mass is 16.7. The number of nitrogens with one attached hydrogen (secondary N) is 2. The van der Waals surface area contributed by atoms with E-state index in [0.717, 1.165) is 60.6 Å². The summed E-state index contributed by atoms with van der Waals surface area (Å²) in [6.07, 6.45) is 9.34. The molecule has 2 aliphatic rings. The summed E-state index contributed by atoms with van der Waals surface area (Å²) in [5, 5.41) is 8.21. The van der Waals surface area contributed by atoms with Gasteiger partial charge in [-0.2, -0.15) is 0 Å². The van der Waals surface area contributed by atoms with E-state index in [1.165, 1.54) is 12.4 Å². The van der Waals surface area contributed by atoms with Gasteiger partial charge in [0.05, 0.1) is 36.8 Å². The van der Waals surface area contributed by atoms with Crippen LogP contribution < -0.4 is 25.3 Å². The zero-order chi connectivity index (χ0) is 32.3. The molecule has 3 aromatic heterocycles. The molecule has 12 heteroatoms. The van der Waals surface area contributed by atoms with Crippen molar-refractivity contribution in [2.75, 3.05) is 67.5 Å². The third-order valence-corrected chi connectivity index (χ3v) is 8.65. The van der Waals surface area contributed by atoms with Crippen LogP contribution in [0.2, 0.25) is 0 Å². The molecule has 7 rings (SSSR count). The van der Waals surface area contributed by atoms with Gasteiger partial charge in [0.15, 0.2) is 5.82 Å². The van der Waals surface area contributed by atoms with Crippen molar-refractivity contribution in [2.45, 2.75) is 12.5 Å². The van der Waals surface area contributed by atoms with Crippen LogP contribution in [0.3, 0.4) is 0 Å². The van der Waals surface area contributed by atoms with Crippen LogP contribution in [0.4, 0.5) is 28.7 Å². The topological polar surface area (TPSA) is 112 Å². The van der Waals surface area contributed by atoms with E-state index < -0.39 is 0 Å². The molecule has 0 saturated carbocycles. The monoisotopic (exact) mass is 631 g/mol. The lowest BCUT2D eigenvalue weighted by Crippen LogP contribution is -2.44. The standard InChI is InChI=1S/C35H37N9O3/c1-4-34(45)40-27-20-28(31(46-3)21-30(27)42-16-14-41(2)15-17-42)39-32-22-33(38-23-37-32)44-29(10-18-47-44)25-8-5-7-24(19-25)26-9-6-12-43-13-11-36-35(26)43/h4-9,11-13,19-23,29H,1,10,14-18H2,2-3H3,(H,40,45)(H,37,38,39). The number of amides is 1. The van der Waals surface area contributed by atoms with Gasteiger partial charge in [-0.15, -0.1) is 0 Å². The molecular weight excluding hydrogens is 594 g/mol. The van der Waals surface area contributed by atoms with Crippen LogP contribution in [0.5, 0.6) is 5.75 Å². The number of rotatable bonds is 9. The first kappa shape index (κ1) is 30.2. The number of fused-ring (bicyclic) bond motifs is 1. The number of methoxy groups -OCH3 is 1. The average molecular weight is 632 g/mol. The number of piperazine rings is 1. The van der Waals surface area contributed by atoms with E-state index in [-0.39, 0.29) is 11.9 Å². The number of benzene rings is 2. The minimum atomic E-state index is -0.288. The summed E-state index contributed by atoms with van der Waals surface area (Å²) in [6.45, 7) is 7.70. The second-order valence-electron chi connectivity index (χ2n) is 11.6. The van der Waals surface area contributed by atoms with Crippen molar-refractivity contribution < 1.29 is 14.4 Å². The largest absolute Gasteiger partial charge is 0.494 e. The van der Waals surface area contributed by atoms with Crippen LogP contribution in [0.25, 0.3) is 16.8 Å². The van der Waals surface area contributed by atoms with Crippen LogP contribution in [-0.4, -0.2) is 77.1 Å². The van der Waals surface area contributed by atoms with Crippen LogP contribution in [-0.2, 0) is 9.63 Å². The van der Waals surface area contributed by atoms with E-state index in [9.17, 15) is 4.79 Å². The molecule has 5 heterocycles. The molecule has 2 fully saturated rings. The van der Waals surface area contributed by atoms with E-state index in [0.29, 0.717) is 35.4 Å². The molecule has 0 bridgehead atoms. The SMILES string of the molecule is C=CC(=O)Nc1cc(Nc2cc(N3OCCC3c3cccc(-c4cccn5ccnc45)c3)ncn2)c(OC)cc1N1CCN(C)CC1. The summed E-state index contributed by atoms with van der Waals surface area (Å²) < 4.78 is 7.84. The Bertz CT molecular complexity index is 1920. The number of carbonyl (C=O) groups is 1. The summed E-state index contributed by atoms with van der Waals surface area (Å²) in [4.78, 5) is 36.7. The van der Waals surface area contributed by atoms with E-state index in [4.69, 9.17) is 9.57 Å². The van der Waals surface area contributed by atoms with E-state index in [2.05, 4.69) is 79.3 Å². The molecule has 2 saturated heterocycles. The summed E-state index contributed by atoms with van der Waals surface area (Å²) in [7, 11) is 3.74. The number of imidazole rings is 1. The van der Waals surface area contributed by atoms with Gasteiger partial charge in [0.1, 0.15) is 23.5 Å². The zero-order valence-electron chi connectivity index (χ0n) is 26.5. The van der Waals surface area contributed by atoms with Gasteiger partial charge in [0.25, 0.3) is 0 Å². The van der Waals surface area contributed by atoms with Crippen molar-refractivity contribution in [1.82, 2.24) is 24.3 Å². The maximum Gasteiger partial charge on any atom is 0.247 e. The lowest BCUT2D eigenvalue weighted by atomic mass is 9.98. The number of ether oxygens (including phenoxy) is 1. The van der Waals surface area contributed by atoms with Crippen LogP contribution in [0.15, 0.2) is 92.2 Å². The normalized spacial score (nSPS) is 16.8. The lowest BCUT2D eigenvalue weighted by Gasteiger charge is -2.35. The Morgan fingerprint density at radius 1 is 1.02 bits per heavy atom. The highest BCUT2D eigenvalue weighted by Gasteiger charge is 2.30. The van der Waals surface area contributed by atoms with E-state index in [1.807, 2.05) is 52.3 Å². The molecule has 5 aromatic rings. The number of hydrogen-bond donors (Lipinski definition) is 2. The lowest BCUT2D eigenvalue weighted by molar-refractivity contribution is -0.111. The molecule has 47 heavy (non-hydrogen) atoms. The molecule has 0 aliphatic carbocycles. The summed E-state index contributed by atoms with van der Waals surface area (Å²) >= 11 is 0. The first-order valence-corrected chi connectivity index (χ1v) is 15.6. The Labute approximate surface area is 273 Å². The molecule has 12 nitrogen and oxygen atoms in total. The molecule has 1 amide bonds. The number of carbonyl (C=O) groups excluding carboxylic acids is 1. The maximum absolute atomic E-state index is 12.4. The third kappa shape index (κ3) is 6.20. The Morgan fingerprint density at radius 3 is 2.72 bits per heavy atom. The Balaban J connectivity index is 1.16. The van der Waals surface area contributed by atoms with Gasteiger partial charge in [-0.25, -0.2) is 20.0 Å². The van der Waals surface area contributed by atoms with Gasteiger partial charge in [-0.3, -0.25) is 9.63 Å². The second kappa shape index (κ2) is 13.1. The van der Waals surface area contributed by atoms with Gasteiger partial charge in [0.2, 0.25) is 5.91 Å². The van der Waals surface area contributed by atoms with Crippen LogP contribution >= 0.6 is 0 Å². The molecule has 1 unspecified atom stereocenters. The predicted octanol–water partition coefficient (Wildman–Crippen LogP) is 5.30. The number of pyridine rings is 1. The third-order valence-electron chi connectivity index (χ3n) is 8.65. The van der Waals surface area contributed by atoms with E-state index in [1.54, 1.807) is 7.11 Å². The Kier molecular flexibility index (Phi) is 8.42. The fourth-order valence-electron chi connectivity index (χ4n) is 6.19. The molecule has 2 aliphatic heterocycles. The average Bonchev–Trinajstić information content (AvgIpc) is 3.80. The second-order valence-corrected chi connectivity index (χ2v) is 11.6. The van der Waals surface area contributed by atoms with Crippen LogP contribution in [0.1, 0.15) is 18.0 Å². The number of aromatic nitrogens is 4. The van der Waals surface area contributed by atoms with Crippen molar-refractivity contribution >= 4 is 40.3 Å². The van der Waals surface area contributed by atoms with Gasteiger partial charge in [0, 0.05) is 68.9 Å². The Morgan fingerprint density at radius 2 is 1.89 bits per heavy atom. The number of hydrogen-bond acceptors (Lipinski definition) is 10. The summed E-state index contributed by atoms with van der Waals surface area (Å²) in [6, 6.07) is 18.2. The quantitative estimate of drug-likeness (QED) is 0.208. The van der Waals surface area contributed by atoms with Gasteiger partial charge >= 0.3 is 0 Å². The van der Waals surface area contributed by atoms with Crippen molar-refractivity contribution in [1.29, 1.82) is 0 Å². The molecule has 0 spiro atoms. The van der Waals surface area contributed by atoms with Crippen LogP contribution in [0, 0.1) is 0 Å². The Hall–Kier alpha value is -5.46. The summed E-state index contributed by atoms with van der Waals surface area (Å²) in [5.41, 5.74) is 6.37. The molecule has 0 radical (unpaired) electrons. The van der Waals surface area contributed by atoms with Gasteiger partial charge in [-0.05, 0) is 48.5 Å². The fourth-order valence-corrected chi connectivity index (χ4v) is 6.19. The predicted molar refractivity (Wildman–Crippen MR) is 183 cm³/mol. The molecule has 240 valence electrons. The van der Waals surface area contributed by atoms with Gasteiger partial charge < -0.3 is 29.6 Å². The van der Waals surface area contributed by atoms with Gasteiger partial charge in [-0.1, -0.05) is 24.8 Å². The molecular formula is C35H37N9O3. The number of nitrogens with zero attached hydrogens (tertiary/aromatic N) is 7. The highest BCUT2D eigenvalue weighted by molar-refractivity contribution is 6.02.